The molecular weight excluding hydrogens is 250 g/mol. The third-order valence-corrected chi connectivity index (χ3v) is 4.43. The molecule has 5 nitrogen and oxygen atoms in total. The highest BCUT2D eigenvalue weighted by Crippen LogP contribution is 2.21. The lowest BCUT2D eigenvalue weighted by Crippen LogP contribution is -2.38. The maximum atomic E-state index is 12.3. The van der Waals surface area contributed by atoms with Gasteiger partial charge in [-0.1, -0.05) is 32.9 Å². The van der Waals surface area contributed by atoms with Crippen LogP contribution in [0.25, 0.3) is 0 Å². The second-order valence-electron chi connectivity index (χ2n) is 4.52. The topological polar surface area (TPSA) is 84.2 Å². The summed E-state index contributed by atoms with van der Waals surface area (Å²) in [5.74, 6) is 5.57. The summed E-state index contributed by atoms with van der Waals surface area (Å²) in [5.41, 5.74) is 2.80. The zero-order valence-corrected chi connectivity index (χ0v) is 11.8. The molecule has 1 unspecified atom stereocenters. The van der Waals surface area contributed by atoms with Crippen LogP contribution >= 0.6 is 0 Å². The van der Waals surface area contributed by atoms with Crippen molar-refractivity contribution in [3.63, 3.8) is 0 Å². The van der Waals surface area contributed by atoms with Crippen molar-refractivity contribution in [3.05, 3.63) is 24.3 Å². The lowest BCUT2D eigenvalue weighted by atomic mass is 10.0. The van der Waals surface area contributed by atoms with Gasteiger partial charge in [-0.05, 0) is 24.5 Å². The van der Waals surface area contributed by atoms with E-state index in [9.17, 15) is 8.42 Å². The van der Waals surface area contributed by atoms with Gasteiger partial charge in [-0.3, -0.25) is 5.84 Å². The minimum atomic E-state index is -3.55. The number of para-hydroxylation sites is 1. The van der Waals surface area contributed by atoms with Crippen LogP contribution in [0, 0.1) is 5.92 Å². The third-order valence-electron chi connectivity index (χ3n) is 2.88. The number of hydrazine groups is 1. The molecule has 6 heteroatoms. The van der Waals surface area contributed by atoms with E-state index in [1.807, 2.05) is 20.8 Å². The van der Waals surface area contributed by atoms with Crippen molar-refractivity contribution >= 4 is 15.7 Å². The van der Waals surface area contributed by atoms with Gasteiger partial charge in [0.1, 0.15) is 4.90 Å². The summed E-state index contributed by atoms with van der Waals surface area (Å²) in [4.78, 5) is 0.173. The first-order valence-electron chi connectivity index (χ1n) is 6.00. The number of benzene rings is 1. The van der Waals surface area contributed by atoms with E-state index in [-0.39, 0.29) is 16.9 Å². The minimum Gasteiger partial charge on any atom is -0.323 e. The van der Waals surface area contributed by atoms with Gasteiger partial charge in [-0.15, -0.1) is 0 Å². The standard InChI is InChI=1S/C12H21N3O2S/c1-4-10(9(2)3)15-18(16,17)12-8-6-5-7-11(12)14-13/h5-10,14-15H,4,13H2,1-3H3. The van der Waals surface area contributed by atoms with Crippen molar-refractivity contribution in [2.45, 2.75) is 38.1 Å². The maximum Gasteiger partial charge on any atom is 0.242 e. The van der Waals surface area contributed by atoms with Gasteiger partial charge in [0, 0.05) is 6.04 Å². The Kier molecular flexibility index (Phi) is 5.13. The molecule has 0 heterocycles. The number of rotatable bonds is 6. The first-order chi connectivity index (χ1) is 8.42. The third kappa shape index (κ3) is 3.44. The number of hydrogen-bond donors (Lipinski definition) is 3. The molecule has 1 aromatic carbocycles. The number of anilines is 1. The molecule has 0 saturated carbocycles. The summed E-state index contributed by atoms with van der Waals surface area (Å²) >= 11 is 0. The Morgan fingerprint density at radius 3 is 2.39 bits per heavy atom. The van der Waals surface area contributed by atoms with Crippen LogP contribution in [-0.4, -0.2) is 14.5 Å². The van der Waals surface area contributed by atoms with Crippen molar-refractivity contribution in [3.8, 4) is 0 Å². The van der Waals surface area contributed by atoms with Crippen LogP contribution < -0.4 is 16.0 Å². The van der Waals surface area contributed by atoms with Gasteiger partial charge in [-0.2, -0.15) is 0 Å². The zero-order valence-electron chi connectivity index (χ0n) is 11.0. The normalized spacial score (nSPS) is 13.6. The first-order valence-corrected chi connectivity index (χ1v) is 7.48. The molecule has 0 saturated heterocycles. The highest BCUT2D eigenvalue weighted by molar-refractivity contribution is 7.89. The zero-order chi connectivity index (χ0) is 13.8. The Morgan fingerprint density at radius 2 is 1.89 bits per heavy atom. The highest BCUT2D eigenvalue weighted by atomic mass is 32.2. The first kappa shape index (κ1) is 14.9. The van der Waals surface area contributed by atoms with Crippen LogP contribution in [-0.2, 0) is 10.0 Å². The lowest BCUT2D eigenvalue weighted by Gasteiger charge is -2.21. The van der Waals surface area contributed by atoms with E-state index < -0.39 is 10.0 Å². The van der Waals surface area contributed by atoms with E-state index in [2.05, 4.69) is 10.1 Å². The van der Waals surface area contributed by atoms with Crippen LogP contribution in [0.3, 0.4) is 0 Å². The Balaban J connectivity index is 3.06. The SMILES string of the molecule is CCC(NS(=O)(=O)c1ccccc1NN)C(C)C. The summed E-state index contributed by atoms with van der Waals surface area (Å²) in [6, 6.07) is 6.48. The minimum absolute atomic E-state index is 0.0826. The Hall–Kier alpha value is -1.11. The molecule has 1 atom stereocenters. The van der Waals surface area contributed by atoms with Crippen LogP contribution in [0.2, 0.25) is 0 Å². The van der Waals surface area contributed by atoms with Crippen molar-refractivity contribution in [1.82, 2.24) is 4.72 Å². The van der Waals surface area contributed by atoms with Crippen LogP contribution in [0.15, 0.2) is 29.2 Å². The number of sulfonamides is 1. The summed E-state index contributed by atoms with van der Waals surface area (Å²) in [6.45, 7) is 5.94. The smallest absolute Gasteiger partial charge is 0.242 e. The largest absolute Gasteiger partial charge is 0.323 e. The molecular formula is C12H21N3O2S. The van der Waals surface area contributed by atoms with Crippen molar-refractivity contribution in [2.24, 2.45) is 11.8 Å². The fourth-order valence-electron chi connectivity index (χ4n) is 1.77. The molecule has 102 valence electrons. The summed E-state index contributed by atoms with van der Waals surface area (Å²) in [6.07, 6.45) is 0.745. The number of nitrogen functional groups attached to an aromatic ring is 1. The molecule has 0 aromatic heterocycles. The number of nitrogens with one attached hydrogen (secondary N) is 2. The molecule has 0 aliphatic heterocycles. The highest BCUT2D eigenvalue weighted by Gasteiger charge is 2.23. The van der Waals surface area contributed by atoms with E-state index in [0.717, 1.165) is 6.42 Å². The molecule has 0 spiro atoms. The molecule has 18 heavy (non-hydrogen) atoms. The average Bonchev–Trinajstić information content (AvgIpc) is 2.35. The van der Waals surface area contributed by atoms with Crippen molar-refractivity contribution < 1.29 is 8.42 Å². The van der Waals surface area contributed by atoms with E-state index in [0.29, 0.717) is 5.69 Å². The summed E-state index contributed by atoms with van der Waals surface area (Å²) in [5, 5.41) is 0. The summed E-state index contributed by atoms with van der Waals surface area (Å²) in [7, 11) is -3.55. The van der Waals surface area contributed by atoms with Crippen molar-refractivity contribution in [2.75, 3.05) is 5.43 Å². The Morgan fingerprint density at radius 1 is 1.28 bits per heavy atom. The fraction of sp³-hybridized carbons (Fsp3) is 0.500. The Labute approximate surface area is 109 Å². The van der Waals surface area contributed by atoms with E-state index in [1.165, 1.54) is 6.07 Å². The van der Waals surface area contributed by atoms with Gasteiger partial charge in [0.2, 0.25) is 10.0 Å². The second kappa shape index (κ2) is 6.17. The molecule has 0 aliphatic rings. The van der Waals surface area contributed by atoms with Gasteiger partial charge >= 0.3 is 0 Å². The molecule has 0 radical (unpaired) electrons. The molecule has 1 aromatic rings. The predicted molar refractivity (Wildman–Crippen MR) is 73.5 cm³/mol. The van der Waals surface area contributed by atoms with Gasteiger partial charge in [0.05, 0.1) is 5.69 Å². The van der Waals surface area contributed by atoms with Gasteiger partial charge in [-0.25, -0.2) is 13.1 Å². The van der Waals surface area contributed by atoms with Crippen LogP contribution in [0.1, 0.15) is 27.2 Å². The van der Waals surface area contributed by atoms with E-state index >= 15 is 0 Å². The number of hydrogen-bond acceptors (Lipinski definition) is 4. The molecule has 0 bridgehead atoms. The molecule has 0 aliphatic carbocycles. The summed E-state index contributed by atoms with van der Waals surface area (Å²) < 4.78 is 27.3. The van der Waals surface area contributed by atoms with E-state index in [4.69, 9.17) is 5.84 Å². The molecule has 4 N–H and O–H groups in total. The monoisotopic (exact) mass is 271 g/mol. The molecule has 0 fully saturated rings. The van der Waals surface area contributed by atoms with Gasteiger partial charge in [0.25, 0.3) is 0 Å². The lowest BCUT2D eigenvalue weighted by molar-refractivity contribution is 0.437. The molecule has 1 rings (SSSR count). The van der Waals surface area contributed by atoms with Crippen LogP contribution in [0.5, 0.6) is 0 Å². The maximum absolute atomic E-state index is 12.3. The average molecular weight is 271 g/mol. The number of nitrogens with two attached hydrogens (primary N) is 1. The van der Waals surface area contributed by atoms with E-state index in [1.54, 1.807) is 18.2 Å². The predicted octanol–water partition coefficient (Wildman–Crippen LogP) is 1.69. The molecule has 0 amide bonds. The van der Waals surface area contributed by atoms with Crippen molar-refractivity contribution in [1.29, 1.82) is 0 Å². The van der Waals surface area contributed by atoms with Gasteiger partial charge < -0.3 is 5.43 Å². The van der Waals surface area contributed by atoms with Gasteiger partial charge in [0.15, 0.2) is 0 Å². The quantitative estimate of drug-likeness (QED) is 0.543. The Bertz CT molecular complexity index is 486. The fourth-order valence-corrected chi connectivity index (χ4v) is 3.41. The second-order valence-corrected chi connectivity index (χ2v) is 6.20. The van der Waals surface area contributed by atoms with Crippen LogP contribution in [0.4, 0.5) is 5.69 Å².